The SMILES string of the molecule is Nc1ccc(F)cc1C(=O)NCC(O)C(F)F. The molecule has 0 radical (unpaired) electrons. The van der Waals surface area contributed by atoms with Gasteiger partial charge in [0.25, 0.3) is 12.3 Å². The summed E-state index contributed by atoms with van der Waals surface area (Å²) in [4.78, 5) is 11.4. The Morgan fingerprint density at radius 3 is 2.71 bits per heavy atom. The van der Waals surface area contributed by atoms with Gasteiger partial charge in [-0.3, -0.25) is 4.79 Å². The molecule has 1 amide bonds. The van der Waals surface area contributed by atoms with Crippen molar-refractivity contribution in [3.8, 4) is 0 Å². The van der Waals surface area contributed by atoms with Crippen LogP contribution in [0.3, 0.4) is 0 Å². The highest BCUT2D eigenvalue weighted by atomic mass is 19.3. The molecule has 0 aliphatic carbocycles. The van der Waals surface area contributed by atoms with Crippen LogP contribution in [0, 0.1) is 5.82 Å². The van der Waals surface area contributed by atoms with Gasteiger partial charge < -0.3 is 16.2 Å². The molecule has 0 bridgehead atoms. The maximum absolute atomic E-state index is 12.8. The van der Waals surface area contributed by atoms with Crippen LogP contribution >= 0.6 is 0 Å². The Balaban J connectivity index is 2.67. The Morgan fingerprint density at radius 2 is 2.12 bits per heavy atom. The highest BCUT2D eigenvalue weighted by Crippen LogP contribution is 2.13. The number of rotatable bonds is 4. The molecule has 0 saturated carbocycles. The van der Waals surface area contributed by atoms with E-state index in [1.54, 1.807) is 0 Å². The van der Waals surface area contributed by atoms with E-state index in [2.05, 4.69) is 0 Å². The lowest BCUT2D eigenvalue weighted by Crippen LogP contribution is -2.36. The Kier molecular flexibility index (Phi) is 4.33. The van der Waals surface area contributed by atoms with Crippen LogP contribution in [0.15, 0.2) is 18.2 Å². The first-order valence-corrected chi connectivity index (χ1v) is 4.71. The molecule has 1 unspecified atom stereocenters. The predicted octanol–water partition coefficient (Wildman–Crippen LogP) is 0.764. The fourth-order valence-corrected chi connectivity index (χ4v) is 1.11. The molecule has 17 heavy (non-hydrogen) atoms. The zero-order valence-corrected chi connectivity index (χ0v) is 8.66. The van der Waals surface area contributed by atoms with E-state index < -0.39 is 30.8 Å². The van der Waals surface area contributed by atoms with Crippen molar-refractivity contribution in [1.82, 2.24) is 5.32 Å². The number of nitrogen functional groups attached to an aromatic ring is 1. The molecule has 0 aromatic heterocycles. The van der Waals surface area contributed by atoms with Crippen LogP contribution in [0.2, 0.25) is 0 Å². The molecule has 0 aliphatic rings. The Labute approximate surface area is 95.2 Å². The van der Waals surface area contributed by atoms with Crippen LogP contribution in [0.25, 0.3) is 0 Å². The van der Waals surface area contributed by atoms with Gasteiger partial charge in [0.1, 0.15) is 11.9 Å². The van der Waals surface area contributed by atoms with Crippen molar-refractivity contribution in [2.45, 2.75) is 12.5 Å². The second-order valence-electron chi connectivity index (χ2n) is 3.34. The highest BCUT2D eigenvalue weighted by molar-refractivity contribution is 5.99. The van der Waals surface area contributed by atoms with Crippen LogP contribution in [-0.4, -0.2) is 30.1 Å². The van der Waals surface area contributed by atoms with Gasteiger partial charge in [-0.15, -0.1) is 0 Å². The fraction of sp³-hybridized carbons (Fsp3) is 0.300. The molecule has 94 valence electrons. The number of aliphatic hydroxyl groups excluding tert-OH is 1. The zero-order valence-electron chi connectivity index (χ0n) is 8.66. The normalized spacial score (nSPS) is 12.5. The Hall–Kier alpha value is -1.76. The number of nitrogens with two attached hydrogens (primary N) is 1. The molecule has 1 aromatic carbocycles. The second-order valence-corrected chi connectivity index (χ2v) is 3.34. The van der Waals surface area contributed by atoms with Crippen molar-refractivity contribution in [3.05, 3.63) is 29.6 Å². The largest absolute Gasteiger partial charge is 0.398 e. The summed E-state index contributed by atoms with van der Waals surface area (Å²) in [5, 5.41) is 10.8. The fourth-order valence-electron chi connectivity index (χ4n) is 1.11. The van der Waals surface area contributed by atoms with Crippen molar-refractivity contribution in [2.75, 3.05) is 12.3 Å². The van der Waals surface area contributed by atoms with E-state index in [0.29, 0.717) is 0 Å². The summed E-state index contributed by atoms with van der Waals surface area (Å²) in [5.74, 6) is -1.49. The van der Waals surface area contributed by atoms with Crippen molar-refractivity contribution in [1.29, 1.82) is 0 Å². The predicted molar refractivity (Wildman–Crippen MR) is 55.2 cm³/mol. The summed E-state index contributed by atoms with van der Waals surface area (Å²) >= 11 is 0. The molecule has 4 nitrogen and oxygen atoms in total. The van der Waals surface area contributed by atoms with Gasteiger partial charge in [0.15, 0.2) is 0 Å². The van der Waals surface area contributed by atoms with E-state index in [9.17, 15) is 18.0 Å². The van der Waals surface area contributed by atoms with E-state index >= 15 is 0 Å². The maximum Gasteiger partial charge on any atom is 0.265 e. The van der Waals surface area contributed by atoms with Crippen LogP contribution in [0.4, 0.5) is 18.9 Å². The van der Waals surface area contributed by atoms with Crippen LogP contribution in [-0.2, 0) is 0 Å². The van der Waals surface area contributed by atoms with E-state index in [-0.39, 0.29) is 11.3 Å². The molecule has 0 fully saturated rings. The number of anilines is 1. The third-order valence-corrected chi connectivity index (χ3v) is 2.02. The summed E-state index contributed by atoms with van der Waals surface area (Å²) in [6, 6.07) is 3.15. The molecule has 0 aliphatic heterocycles. The molecule has 0 heterocycles. The standard InChI is InChI=1S/C10H11F3N2O2/c11-5-1-2-7(14)6(3-5)10(17)15-4-8(16)9(12)13/h1-3,8-9,16H,4,14H2,(H,15,17). The average Bonchev–Trinajstić information content (AvgIpc) is 2.28. The lowest BCUT2D eigenvalue weighted by atomic mass is 10.1. The molecule has 7 heteroatoms. The Morgan fingerprint density at radius 1 is 1.47 bits per heavy atom. The highest BCUT2D eigenvalue weighted by Gasteiger charge is 2.18. The topological polar surface area (TPSA) is 75.4 Å². The van der Waals surface area contributed by atoms with E-state index in [4.69, 9.17) is 10.8 Å². The van der Waals surface area contributed by atoms with Gasteiger partial charge in [-0.1, -0.05) is 0 Å². The maximum atomic E-state index is 12.8. The van der Waals surface area contributed by atoms with Crippen LogP contribution < -0.4 is 11.1 Å². The molecule has 4 N–H and O–H groups in total. The lowest BCUT2D eigenvalue weighted by molar-refractivity contribution is -0.00269. The quantitative estimate of drug-likeness (QED) is 0.689. The number of amides is 1. The number of carbonyl (C=O) groups excluding carboxylic acids is 1. The minimum Gasteiger partial charge on any atom is -0.398 e. The van der Waals surface area contributed by atoms with Crippen molar-refractivity contribution in [2.24, 2.45) is 0 Å². The number of hydrogen-bond acceptors (Lipinski definition) is 3. The van der Waals surface area contributed by atoms with Crippen molar-refractivity contribution in [3.63, 3.8) is 0 Å². The summed E-state index contributed by atoms with van der Waals surface area (Å²) in [6.07, 6.45) is -4.92. The zero-order chi connectivity index (χ0) is 13.0. The molecule has 1 atom stereocenters. The number of benzene rings is 1. The van der Waals surface area contributed by atoms with Gasteiger partial charge >= 0.3 is 0 Å². The first-order valence-electron chi connectivity index (χ1n) is 4.71. The van der Waals surface area contributed by atoms with Gasteiger partial charge in [0, 0.05) is 12.2 Å². The third kappa shape index (κ3) is 3.63. The second kappa shape index (κ2) is 5.53. The minimum absolute atomic E-state index is 0.0236. The number of carbonyl (C=O) groups is 1. The smallest absolute Gasteiger partial charge is 0.265 e. The summed E-state index contributed by atoms with van der Waals surface area (Å²) in [6.45, 7) is -0.632. The molecule has 1 rings (SSSR count). The number of hydrogen-bond donors (Lipinski definition) is 3. The van der Waals surface area contributed by atoms with Gasteiger partial charge in [-0.05, 0) is 18.2 Å². The average molecular weight is 248 g/mol. The van der Waals surface area contributed by atoms with Crippen molar-refractivity contribution >= 4 is 11.6 Å². The molecular weight excluding hydrogens is 237 g/mol. The van der Waals surface area contributed by atoms with Gasteiger partial charge in [-0.25, -0.2) is 13.2 Å². The first kappa shape index (κ1) is 13.3. The first-order chi connectivity index (χ1) is 7.91. The van der Waals surface area contributed by atoms with Gasteiger partial charge in [-0.2, -0.15) is 0 Å². The summed E-state index contributed by atoms with van der Waals surface area (Å²) in [5.41, 5.74) is 5.28. The monoisotopic (exact) mass is 248 g/mol. The minimum atomic E-state index is -2.96. The van der Waals surface area contributed by atoms with E-state index in [1.165, 1.54) is 6.07 Å². The number of alkyl halides is 2. The van der Waals surface area contributed by atoms with E-state index in [1.807, 2.05) is 5.32 Å². The summed E-state index contributed by atoms with van der Waals surface area (Å²) < 4.78 is 36.7. The molecule has 1 aromatic rings. The van der Waals surface area contributed by atoms with E-state index in [0.717, 1.165) is 12.1 Å². The lowest BCUT2D eigenvalue weighted by Gasteiger charge is -2.11. The number of aliphatic hydroxyl groups is 1. The number of halogens is 3. The van der Waals surface area contributed by atoms with Crippen LogP contribution in [0.1, 0.15) is 10.4 Å². The molecule has 0 saturated heterocycles. The van der Waals surface area contributed by atoms with Crippen molar-refractivity contribution < 1.29 is 23.1 Å². The van der Waals surface area contributed by atoms with Gasteiger partial charge in [0.05, 0.1) is 5.56 Å². The van der Waals surface area contributed by atoms with Gasteiger partial charge in [0.2, 0.25) is 0 Å². The number of nitrogens with one attached hydrogen (secondary N) is 1. The Bertz CT molecular complexity index is 413. The van der Waals surface area contributed by atoms with Crippen LogP contribution in [0.5, 0.6) is 0 Å². The molecular formula is C10H11F3N2O2. The summed E-state index contributed by atoms with van der Waals surface area (Å²) in [7, 11) is 0. The third-order valence-electron chi connectivity index (χ3n) is 2.02. The molecule has 0 spiro atoms.